The highest BCUT2D eigenvalue weighted by Crippen LogP contribution is 2.09. The molecular formula is C10H19O2. The third-order valence-electron chi connectivity index (χ3n) is 1.82. The van der Waals surface area contributed by atoms with Crippen LogP contribution in [0.3, 0.4) is 0 Å². The van der Waals surface area contributed by atoms with Gasteiger partial charge in [-0.1, -0.05) is 27.2 Å². The van der Waals surface area contributed by atoms with Crippen LogP contribution >= 0.6 is 0 Å². The molecule has 0 aliphatic heterocycles. The van der Waals surface area contributed by atoms with Crippen molar-refractivity contribution in [2.24, 2.45) is 0 Å². The first kappa shape index (κ1) is 11.5. The van der Waals surface area contributed by atoms with E-state index in [-0.39, 0.29) is 12.1 Å². The lowest BCUT2D eigenvalue weighted by Gasteiger charge is -2.14. The molecule has 2 heteroatoms. The molecule has 0 N–H and O–H groups in total. The highest BCUT2D eigenvalue weighted by molar-refractivity contribution is 5.69. The number of rotatable bonds is 6. The summed E-state index contributed by atoms with van der Waals surface area (Å²) >= 11 is 0. The van der Waals surface area contributed by atoms with Crippen LogP contribution in [0.5, 0.6) is 0 Å². The molecule has 0 aliphatic carbocycles. The van der Waals surface area contributed by atoms with E-state index in [1.165, 1.54) is 0 Å². The van der Waals surface area contributed by atoms with Crippen molar-refractivity contribution in [3.63, 3.8) is 0 Å². The van der Waals surface area contributed by atoms with Crippen molar-refractivity contribution in [3.05, 3.63) is 6.92 Å². The standard InChI is InChI=1S/C10H19O2/c1-4-7-8-9(5-2)12-10(11)6-3/h9H,1,4-8H2,2-3H3. The van der Waals surface area contributed by atoms with E-state index in [2.05, 4.69) is 6.92 Å². The molecule has 0 saturated heterocycles. The lowest BCUT2D eigenvalue weighted by atomic mass is 10.1. The van der Waals surface area contributed by atoms with E-state index in [1.54, 1.807) is 0 Å². The average Bonchev–Trinajstić information content (AvgIpc) is 2.11. The second kappa shape index (κ2) is 7.14. The van der Waals surface area contributed by atoms with Crippen molar-refractivity contribution in [2.75, 3.05) is 0 Å². The molecule has 0 heterocycles. The summed E-state index contributed by atoms with van der Waals surface area (Å²) in [4.78, 5) is 10.9. The summed E-state index contributed by atoms with van der Waals surface area (Å²) in [5.41, 5.74) is 0. The van der Waals surface area contributed by atoms with Crippen LogP contribution in [0, 0.1) is 6.92 Å². The molecular weight excluding hydrogens is 152 g/mol. The van der Waals surface area contributed by atoms with Gasteiger partial charge < -0.3 is 4.74 Å². The van der Waals surface area contributed by atoms with Crippen molar-refractivity contribution >= 4 is 5.97 Å². The Morgan fingerprint density at radius 3 is 2.58 bits per heavy atom. The molecule has 1 radical (unpaired) electrons. The predicted octanol–water partition coefficient (Wildman–Crippen LogP) is 2.72. The Hall–Kier alpha value is -0.530. The number of unbranched alkanes of at least 4 members (excludes halogenated alkanes) is 1. The fraction of sp³-hybridized carbons (Fsp3) is 0.800. The zero-order valence-electron chi connectivity index (χ0n) is 8.14. The van der Waals surface area contributed by atoms with Gasteiger partial charge in [-0.3, -0.25) is 4.79 Å². The van der Waals surface area contributed by atoms with Crippen molar-refractivity contribution in [2.45, 2.75) is 52.1 Å². The van der Waals surface area contributed by atoms with E-state index in [1.807, 2.05) is 13.8 Å². The van der Waals surface area contributed by atoms with E-state index in [0.717, 1.165) is 25.7 Å². The molecule has 0 aromatic rings. The van der Waals surface area contributed by atoms with E-state index < -0.39 is 0 Å². The van der Waals surface area contributed by atoms with Crippen molar-refractivity contribution in [3.8, 4) is 0 Å². The van der Waals surface area contributed by atoms with E-state index in [4.69, 9.17) is 4.74 Å². The zero-order chi connectivity index (χ0) is 9.40. The summed E-state index contributed by atoms with van der Waals surface area (Å²) in [7, 11) is 0. The molecule has 0 fully saturated rings. The van der Waals surface area contributed by atoms with E-state index >= 15 is 0 Å². The molecule has 1 unspecified atom stereocenters. The van der Waals surface area contributed by atoms with E-state index in [0.29, 0.717) is 6.42 Å². The van der Waals surface area contributed by atoms with Crippen LogP contribution in [0.2, 0.25) is 0 Å². The van der Waals surface area contributed by atoms with Gasteiger partial charge in [-0.15, -0.1) is 0 Å². The lowest BCUT2D eigenvalue weighted by molar-refractivity contribution is -0.149. The number of carbonyl (C=O) groups excluding carboxylic acids is 1. The van der Waals surface area contributed by atoms with Crippen LogP contribution in [0.1, 0.15) is 46.0 Å². The molecule has 0 saturated carbocycles. The van der Waals surface area contributed by atoms with Crippen LogP contribution in [0.25, 0.3) is 0 Å². The van der Waals surface area contributed by atoms with Gasteiger partial charge in [0.25, 0.3) is 0 Å². The largest absolute Gasteiger partial charge is 0.462 e. The molecule has 0 spiro atoms. The monoisotopic (exact) mass is 171 g/mol. The summed E-state index contributed by atoms with van der Waals surface area (Å²) in [6.07, 6.45) is 4.40. The van der Waals surface area contributed by atoms with Crippen molar-refractivity contribution in [1.82, 2.24) is 0 Å². The number of ether oxygens (including phenoxy) is 1. The molecule has 0 aromatic carbocycles. The van der Waals surface area contributed by atoms with Crippen LogP contribution in [-0.2, 0) is 9.53 Å². The van der Waals surface area contributed by atoms with Gasteiger partial charge in [0.05, 0.1) is 0 Å². The highest BCUT2D eigenvalue weighted by Gasteiger charge is 2.09. The summed E-state index contributed by atoms with van der Waals surface area (Å²) < 4.78 is 5.18. The van der Waals surface area contributed by atoms with Gasteiger partial charge in [0.15, 0.2) is 0 Å². The quantitative estimate of drug-likeness (QED) is 0.574. The zero-order valence-corrected chi connectivity index (χ0v) is 8.14. The van der Waals surface area contributed by atoms with E-state index in [9.17, 15) is 4.79 Å². The van der Waals surface area contributed by atoms with Gasteiger partial charge in [0.1, 0.15) is 6.10 Å². The summed E-state index contributed by atoms with van der Waals surface area (Å²) in [6, 6.07) is 0. The SMILES string of the molecule is [CH2]CCCC(CC)OC(=O)CC. The third kappa shape index (κ3) is 5.16. The fourth-order valence-electron chi connectivity index (χ4n) is 0.988. The highest BCUT2D eigenvalue weighted by atomic mass is 16.5. The van der Waals surface area contributed by atoms with Gasteiger partial charge in [0.2, 0.25) is 0 Å². The minimum absolute atomic E-state index is 0.0917. The Morgan fingerprint density at radius 2 is 2.17 bits per heavy atom. The van der Waals surface area contributed by atoms with Crippen LogP contribution < -0.4 is 0 Å². The minimum Gasteiger partial charge on any atom is -0.462 e. The fourth-order valence-corrected chi connectivity index (χ4v) is 0.988. The Bertz CT molecular complexity index is 121. The molecule has 12 heavy (non-hydrogen) atoms. The summed E-state index contributed by atoms with van der Waals surface area (Å²) in [6.45, 7) is 7.61. The third-order valence-corrected chi connectivity index (χ3v) is 1.82. The average molecular weight is 171 g/mol. The van der Waals surface area contributed by atoms with Crippen LogP contribution in [0.4, 0.5) is 0 Å². The molecule has 0 amide bonds. The van der Waals surface area contributed by atoms with Crippen LogP contribution in [-0.4, -0.2) is 12.1 Å². The van der Waals surface area contributed by atoms with Crippen LogP contribution in [0.15, 0.2) is 0 Å². The first-order valence-electron chi connectivity index (χ1n) is 4.73. The Balaban J connectivity index is 3.59. The van der Waals surface area contributed by atoms with Crippen molar-refractivity contribution in [1.29, 1.82) is 0 Å². The van der Waals surface area contributed by atoms with Gasteiger partial charge in [0, 0.05) is 6.42 Å². The van der Waals surface area contributed by atoms with Gasteiger partial charge in [-0.2, -0.15) is 0 Å². The molecule has 0 aliphatic rings. The normalized spacial score (nSPS) is 12.6. The maximum Gasteiger partial charge on any atom is 0.305 e. The van der Waals surface area contributed by atoms with Gasteiger partial charge in [-0.25, -0.2) is 0 Å². The minimum atomic E-state index is -0.0917. The predicted molar refractivity (Wildman–Crippen MR) is 49.7 cm³/mol. The van der Waals surface area contributed by atoms with Crippen molar-refractivity contribution < 1.29 is 9.53 Å². The maximum absolute atomic E-state index is 10.9. The number of carbonyl (C=O) groups is 1. The maximum atomic E-state index is 10.9. The molecule has 0 bridgehead atoms. The molecule has 1 atom stereocenters. The number of esters is 1. The Labute approximate surface area is 75.3 Å². The second-order valence-electron chi connectivity index (χ2n) is 2.87. The van der Waals surface area contributed by atoms with Gasteiger partial charge in [-0.05, 0) is 19.3 Å². The second-order valence-corrected chi connectivity index (χ2v) is 2.87. The first-order valence-corrected chi connectivity index (χ1v) is 4.73. The number of hydrogen-bond donors (Lipinski definition) is 0. The molecule has 0 rings (SSSR count). The Kier molecular flexibility index (Phi) is 6.82. The Morgan fingerprint density at radius 1 is 1.50 bits per heavy atom. The smallest absolute Gasteiger partial charge is 0.305 e. The summed E-state index contributed by atoms with van der Waals surface area (Å²) in [5.74, 6) is -0.0917. The first-order chi connectivity index (χ1) is 5.74. The number of hydrogen-bond acceptors (Lipinski definition) is 2. The topological polar surface area (TPSA) is 26.3 Å². The summed E-state index contributed by atoms with van der Waals surface area (Å²) in [5, 5.41) is 0. The molecule has 71 valence electrons. The lowest BCUT2D eigenvalue weighted by Crippen LogP contribution is -2.16. The van der Waals surface area contributed by atoms with Gasteiger partial charge >= 0.3 is 5.97 Å². The molecule has 2 nitrogen and oxygen atoms in total. The molecule has 0 aromatic heterocycles.